The van der Waals surface area contributed by atoms with Crippen molar-refractivity contribution in [2.24, 2.45) is 0 Å². The lowest BCUT2D eigenvalue weighted by Crippen LogP contribution is -2.22. The Bertz CT molecular complexity index is 945. The van der Waals surface area contributed by atoms with Crippen LogP contribution in [-0.4, -0.2) is 28.8 Å². The number of carbonyl (C=O) groups is 1. The minimum atomic E-state index is -0.0815. The summed E-state index contributed by atoms with van der Waals surface area (Å²) in [5, 5.41) is 0. The lowest BCUT2D eigenvalue weighted by atomic mass is 10.1. The number of hydrogen-bond acceptors (Lipinski definition) is 5. The Labute approximate surface area is 201 Å². The number of hydrogen-bond donors (Lipinski definition) is 0. The van der Waals surface area contributed by atoms with Gasteiger partial charge in [0, 0.05) is 10.6 Å². The molecule has 1 heterocycles. The Morgan fingerprint density at radius 1 is 1.18 bits per heavy atom. The first kappa shape index (κ1) is 21.8. The third kappa shape index (κ3) is 5.19. The lowest BCUT2D eigenvalue weighted by molar-refractivity contribution is -0.121. The van der Waals surface area contributed by atoms with Crippen LogP contribution in [0.5, 0.6) is 11.5 Å². The van der Waals surface area contributed by atoms with Crippen molar-refractivity contribution in [2.75, 3.05) is 13.7 Å². The van der Waals surface area contributed by atoms with Crippen molar-refractivity contribution in [3.63, 3.8) is 0 Å². The molecule has 0 aromatic heterocycles. The molecule has 3 rings (SSSR count). The summed E-state index contributed by atoms with van der Waals surface area (Å²) in [6, 6.07) is 12.1. The van der Waals surface area contributed by atoms with Crippen molar-refractivity contribution >= 4 is 85.5 Å². The van der Waals surface area contributed by atoms with Crippen LogP contribution in [0.4, 0.5) is 0 Å². The van der Waals surface area contributed by atoms with Crippen LogP contribution in [0.1, 0.15) is 18.1 Å². The lowest BCUT2D eigenvalue weighted by Gasteiger charge is -2.15. The highest BCUT2D eigenvalue weighted by molar-refractivity contribution is 14.1. The molecule has 0 spiro atoms. The highest BCUT2D eigenvalue weighted by Gasteiger charge is 2.28. The van der Waals surface area contributed by atoms with Crippen molar-refractivity contribution in [3.05, 3.63) is 59.6 Å². The molecule has 1 aliphatic heterocycles. The average Bonchev–Trinajstić information content (AvgIpc) is 2.89. The van der Waals surface area contributed by atoms with E-state index < -0.39 is 0 Å². The van der Waals surface area contributed by atoms with Crippen LogP contribution in [0.15, 0.2) is 41.3 Å². The van der Waals surface area contributed by atoms with Crippen LogP contribution >= 0.6 is 69.2 Å². The fourth-order valence-electron chi connectivity index (χ4n) is 2.51. The highest BCUT2D eigenvalue weighted by Crippen LogP contribution is 2.37. The fraction of sp³-hybridized carbons (Fsp3) is 0.200. The van der Waals surface area contributed by atoms with Crippen molar-refractivity contribution in [1.82, 2.24) is 4.90 Å². The summed E-state index contributed by atoms with van der Waals surface area (Å²) in [5.41, 5.74) is 1.97. The van der Waals surface area contributed by atoms with E-state index in [2.05, 4.69) is 69.4 Å². The second-order valence-corrected chi connectivity index (χ2v) is 10.0. The number of amides is 1. The maximum Gasteiger partial charge on any atom is 0.265 e. The molecule has 1 fully saturated rings. The van der Waals surface area contributed by atoms with Gasteiger partial charge in [0.2, 0.25) is 0 Å². The van der Waals surface area contributed by atoms with E-state index in [0.717, 1.165) is 14.7 Å². The van der Waals surface area contributed by atoms with Gasteiger partial charge in [-0.3, -0.25) is 9.69 Å². The van der Waals surface area contributed by atoms with Gasteiger partial charge in [-0.2, -0.15) is 0 Å². The van der Waals surface area contributed by atoms with Gasteiger partial charge in [0.1, 0.15) is 10.9 Å². The number of benzene rings is 2. The zero-order valence-corrected chi connectivity index (χ0v) is 21.1. The molecular weight excluding hydrogens is 620 g/mol. The second kappa shape index (κ2) is 9.77. The molecule has 28 heavy (non-hydrogen) atoms. The molecule has 0 unspecified atom stereocenters. The first-order valence-electron chi connectivity index (χ1n) is 8.44. The van der Waals surface area contributed by atoms with E-state index >= 15 is 0 Å². The molecule has 8 heteroatoms. The summed E-state index contributed by atoms with van der Waals surface area (Å²) < 4.78 is 14.6. The van der Waals surface area contributed by atoms with Crippen LogP contribution < -0.4 is 9.47 Å². The Kier molecular flexibility index (Phi) is 7.62. The van der Waals surface area contributed by atoms with Gasteiger partial charge in [0.25, 0.3) is 5.91 Å². The minimum Gasteiger partial charge on any atom is -0.490 e. The maximum atomic E-state index is 12.3. The van der Waals surface area contributed by atoms with Crippen LogP contribution in [-0.2, 0) is 11.4 Å². The van der Waals surface area contributed by atoms with Gasteiger partial charge in [0.15, 0.2) is 11.5 Å². The second-order valence-electron chi connectivity index (χ2n) is 5.92. The molecule has 2 aromatic carbocycles. The number of carbonyl (C=O) groups excluding carboxylic acids is 1. The summed E-state index contributed by atoms with van der Waals surface area (Å²) in [6.45, 7) is 2.92. The third-order valence-electron chi connectivity index (χ3n) is 3.91. The number of halogens is 2. The molecule has 146 valence electrons. The van der Waals surface area contributed by atoms with Gasteiger partial charge >= 0.3 is 0 Å². The summed E-state index contributed by atoms with van der Waals surface area (Å²) in [7, 11) is 1.69. The summed E-state index contributed by atoms with van der Waals surface area (Å²) in [6.07, 6.45) is 1.84. The number of rotatable bonds is 6. The summed E-state index contributed by atoms with van der Waals surface area (Å²) in [5.74, 6) is 1.29. The Hall–Kier alpha value is -0.850. The van der Waals surface area contributed by atoms with Crippen molar-refractivity contribution in [3.8, 4) is 11.5 Å². The van der Waals surface area contributed by atoms with Gasteiger partial charge in [-0.25, -0.2) is 0 Å². The Morgan fingerprint density at radius 2 is 1.89 bits per heavy atom. The topological polar surface area (TPSA) is 38.8 Å². The first-order chi connectivity index (χ1) is 13.4. The quantitative estimate of drug-likeness (QED) is 0.231. The predicted octanol–water partition coefficient (Wildman–Crippen LogP) is 5.70. The molecule has 0 N–H and O–H groups in total. The molecule has 1 aliphatic rings. The van der Waals surface area contributed by atoms with Crippen molar-refractivity contribution in [2.45, 2.75) is 13.5 Å². The van der Waals surface area contributed by atoms with Gasteiger partial charge < -0.3 is 9.47 Å². The van der Waals surface area contributed by atoms with E-state index in [-0.39, 0.29) is 5.91 Å². The molecule has 1 saturated heterocycles. The van der Waals surface area contributed by atoms with Gasteiger partial charge in [-0.1, -0.05) is 36.1 Å². The number of thioether (sulfide) groups is 1. The van der Waals surface area contributed by atoms with E-state index in [1.807, 2.05) is 25.1 Å². The van der Waals surface area contributed by atoms with Crippen LogP contribution in [0.25, 0.3) is 6.08 Å². The zero-order chi connectivity index (χ0) is 20.3. The molecule has 2 aromatic rings. The van der Waals surface area contributed by atoms with Gasteiger partial charge in [0.05, 0.1) is 15.1 Å². The molecule has 4 nitrogen and oxygen atoms in total. The van der Waals surface area contributed by atoms with E-state index in [1.165, 1.54) is 20.2 Å². The fourth-order valence-corrected chi connectivity index (χ4v) is 4.83. The summed E-state index contributed by atoms with van der Waals surface area (Å²) in [4.78, 5) is 14.4. The Morgan fingerprint density at radius 3 is 2.50 bits per heavy atom. The van der Waals surface area contributed by atoms with Crippen LogP contribution in [0.2, 0.25) is 0 Å². The molecule has 0 atom stereocenters. The molecule has 0 bridgehead atoms. The first-order valence-corrected chi connectivity index (χ1v) is 11.8. The molecule has 0 radical (unpaired) electrons. The smallest absolute Gasteiger partial charge is 0.265 e. The standard InChI is InChI=1S/C20H17I2NO3S2/c1-3-25-16-9-13(10-17-19(24)23(2)20(27)28-17)8-15(22)18(16)26-11-12-4-6-14(21)7-5-12/h4-10H,3,11H2,1-2H3/b17-10+. The molecule has 1 amide bonds. The van der Waals surface area contributed by atoms with E-state index in [0.29, 0.717) is 33.9 Å². The highest BCUT2D eigenvalue weighted by atomic mass is 127. The van der Waals surface area contributed by atoms with Crippen molar-refractivity contribution < 1.29 is 14.3 Å². The summed E-state index contributed by atoms with van der Waals surface area (Å²) >= 11 is 11.0. The average molecular weight is 637 g/mol. The largest absolute Gasteiger partial charge is 0.490 e. The number of nitrogens with zero attached hydrogens (tertiary/aromatic N) is 1. The van der Waals surface area contributed by atoms with Crippen LogP contribution in [0.3, 0.4) is 0 Å². The van der Waals surface area contributed by atoms with Crippen LogP contribution in [0, 0.1) is 7.14 Å². The van der Waals surface area contributed by atoms with E-state index in [4.69, 9.17) is 21.7 Å². The molecular formula is C20H17I2NO3S2. The van der Waals surface area contributed by atoms with Gasteiger partial charge in [-0.15, -0.1) is 0 Å². The van der Waals surface area contributed by atoms with E-state index in [9.17, 15) is 4.79 Å². The zero-order valence-electron chi connectivity index (χ0n) is 15.2. The number of thiocarbonyl (C=S) groups is 1. The Balaban J connectivity index is 1.86. The number of likely N-dealkylation sites (N-methyl/N-ethyl adjacent to an activating group) is 1. The van der Waals surface area contributed by atoms with Gasteiger partial charge in [-0.05, 0) is 93.6 Å². The monoisotopic (exact) mass is 637 g/mol. The predicted molar refractivity (Wildman–Crippen MR) is 135 cm³/mol. The normalized spacial score (nSPS) is 15.4. The third-order valence-corrected chi connectivity index (χ3v) is 6.92. The molecule has 0 aliphatic carbocycles. The van der Waals surface area contributed by atoms with Crippen molar-refractivity contribution in [1.29, 1.82) is 0 Å². The molecule has 0 saturated carbocycles. The number of ether oxygens (including phenoxy) is 2. The van der Waals surface area contributed by atoms with E-state index in [1.54, 1.807) is 7.05 Å². The SMILES string of the molecule is CCOc1cc(/C=C2/SC(=S)N(C)C2=O)cc(I)c1OCc1ccc(I)cc1. The maximum absolute atomic E-state index is 12.3. The minimum absolute atomic E-state index is 0.0815.